The number of likely N-dealkylation sites (tertiary alicyclic amines) is 1. The monoisotopic (exact) mass is 314 g/mol. The summed E-state index contributed by atoms with van der Waals surface area (Å²) >= 11 is 0. The van der Waals surface area contributed by atoms with E-state index in [4.69, 9.17) is 0 Å². The van der Waals surface area contributed by atoms with Crippen molar-refractivity contribution in [1.82, 2.24) is 10.2 Å². The maximum atomic E-state index is 12.6. The second-order valence-electron chi connectivity index (χ2n) is 6.40. The number of hydrogen-bond acceptors (Lipinski definition) is 4. The van der Waals surface area contributed by atoms with Gasteiger partial charge in [0.05, 0.1) is 5.75 Å². The summed E-state index contributed by atoms with van der Waals surface area (Å²) in [5, 5.41) is 2.15. The van der Waals surface area contributed by atoms with E-state index in [2.05, 4.69) is 5.32 Å². The van der Waals surface area contributed by atoms with Crippen LogP contribution < -0.4 is 5.32 Å². The largest absolute Gasteiger partial charge is 0.353 e. The Morgan fingerprint density at radius 1 is 1.19 bits per heavy atom. The van der Waals surface area contributed by atoms with Crippen molar-refractivity contribution in [3.05, 3.63) is 0 Å². The van der Waals surface area contributed by atoms with Gasteiger partial charge in [0.15, 0.2) is 9.84 Å². The Kier molecular flexibility index (Phi) is 3.94. The van der Waals surface area contributed by atoms with Crippen molar-refractivity contribution in [2.24, 2.45) is 5.92 Å². The van der Waals surface area contributed by atoms with Crippen molar-refractivity contribution in [3.63, 3.8) is 0 Å². The highest BCUT2D eigenvalue weighted by Gasteiger charge is 2.41. The summed E-state index contributed by atoms with van der Waals surface area (Å²) in [4.78, 5) is 25.7. The minimum Gasteiger partial charge on any atom is -0.353 e. The van der Waals surface area contributed by atoms with Gasteiger partial charge < -0.3 is 10.2 Å². The van der Waals surface area contributed by atoms with E-state index < -0.39 is 15.1 Å². The van der Waals surface area contributed by atoms with Crippen LogP contribution in [0.3, 0.4) is 0 Å². The lowest BCUT2D eigenvalue weighted by Crippen LogP contribution is -2.57. The van der Waals surface area contributed by atoms with Crippen LogP contribution in [0.4, 0.5) is 0 Å². The summed E-state index contributed by atoms with van der Waals surface area (Å²) in [6.07, 6.45) is 3.97. The van der Waals surface area contributed by atoms with Crippen LogP contribution in [-0.2, 0) is 19.4 Å². The third kappa shape index (κ3) is 2.93. The van der Waals surface area contributed by atoms with E-state index in [1.807, 2.05) is 0 Å². The fraction of sp³-hybridized carbons (Fsp3) is 0.857. The molecule has 118 valence electrons. The van der Waals surface area contributed by atoms with E-state index in [0.717, 1.165) is 19.3 Å². The van der Waals surface area contributed by atoms with Crippen molar-refractivity contribution >= 4 is 21.7 Å². The van der Waals surface area contributed by atoms with Crippen LogP contribution in [0.1, 0.15) is 38.5 Å². The first kappa shape index (κ1) is 14.8. The number of piperidine rings is 2. The van der Waals surface area contributed by atoms with Gasteiger partial charge in [-0.25, -0.2) is 8.42 Å². The number of amides is 2. The molecule has 3 aliphatic rings. The SMILES string of the molecule is O=C1CCC2CN(C(=O)C3CCCCS3(=O)=O)CCC2N1. The number of fused-ring (bicyclic) bond motifs is 1. The molecule has 1 N–H and O–H groups in total. The van der Waals surface area contributed by atoms with E-state index in [9.17, 15) is 18.0 Å². The van der Waals surface area contributed by atoms with E-state index in [1.54, 1.807) is 4.90 Å². The molecule has 6 nitrogen and oxygen atoms in total. The Morgan fingerprint density at radius 2 is 2.00 bits per heavy atom. The predicted molar refractivity (Wildman–Crippen MR) is 77.3 cm³/mol. The molecular weight excluding hydrogens is 292 g/mol. The number of nitrogens with one attached hydrogen (secondary N) is 1. The van der Waals surface area contributed by atoms with Gasteiger partial charge in [0.25, 0.3) is 0 Å². The highest BCUT2D eigenvalue weighted by atomic mass is 32.2. The number of nitrogens with zero attached hydrogens (tertiary/aromatic N) is 1. The Labute approximate surface area is 125 Å². The number of carbonyl (C=O) groups excluding carboxylic acids is 2. The highest BCUT2D eigenvalue weighted by Crippen LogP contribution is 2.28. The molecular formula is C14H22N2O4S. The van der Waals surface area contributed by atoms with Crippen molar-refractivity contribution < 1.29 is 18.0 Å². The van der Waals surface area contributed by atoms with Gasteiger partial charge in [0, 0.05) is 25.6 Å². The normalized spacial score (nSPS) is 35.7. The number of carbonyl (C=O) groups is 2. The van der Waals surface area contributed by atoms with Gasteiger partial charge >= 0.3 is 0 Å². The number of sulfone groups is 1. The zero-order valence-corrected chi connectivity index (χ0v) is 12.9. The standard InChI is InChI=1S/C14H22N2O4S/c17-13-5-4-10-9-16(7-6-11(10)15-13)14(18)12-3-1-2-8-21(12,19)20/h10-12H,1-9H2,(H,15,17). The van der Waals surface area contributed by atoms with E-state index >= 15 is 0 Å². The smallest absolute Gasteiger partial charge is 0.240 e. The zero-order valence-electron chi connectivity index (χ0n) is 12.1. The Bertz CT molecular complexity index is 545. The molecule has 3 atom stereocenters. The molecule has 0 radical (unpaired) electrons. The summed E-state index contributed by atoms with van der Waals surface area (Å²) in [6.45, 7) is 1.13. The van der Waals surface area contributed by atoms with E-state index in [-0.39, 0.29) is 29.5 Å². The van der Waals surface area contributed by atoms with Crippen LogP contribution in [0.2, 0.25) is 0 Å². The summed E-state index contributed by atoms with van der Waals surface area (Å²) in [6, 6.07) is 0.151. The van der Waals surface area contributed by atoms with E-state index in [1.165, 1.54) is 0 Å². The number of rotatable bonds is 1. The fourth-order valence-corrected chi connectivity index (χ4v) is 5.62. The third-order valence-corrected chi connectivity index (χ3v) is 7.15. The third-order valence-electron chi connectivity index (χ3n) is 4.99. The molecule has 3 unspecified atom stereocenters. The zero-order chi connectivity index (χ0) is 15.0. The molecule has 3 saturated heterocycles. The van der Waals surface area contributed by atoms with Crippen molar-refractivity contribution in [2.75, 3.05) is 18.8 Å². The Balaban J connectivity index is 1.67. The molecule has 2 amide bonds. The molecule has 0 aromatic heterocycles. The van der Waals surface area contributed by atoms with Crippen LogP contribution >= 0.6 is 0 Å². The minimum atomic E-state index is -3.27. The second-order valence-corrected chi connectivity index (χ2v) is 8.70. The minimum absolute atomic E-state index is 0.0888. The van der Waals surface area contributed by atoms with Gasteiger partial charge in [0.1, 0.15) is 5.25 Å². The van der Waals surface area contributed by atoms with Crippen LogP contribution in [0.5, 0.6) is 0 Å². The lowest BCUT2D eigenvalue weighted by Gasteiger charge is -2.42. The molecule has 3 rings (SSSR count). The van der Waals surface area contributed by atoms with Crippen LogP contribution in [0.15, 0.2) is 0 Å². The summed E-state index contributed by atoms with van der Waals surface area (Å²) in [5.41, 5.74) is 0. The van der Waals surface area contributed by atoms with Gasteiger partial charge in [-0.05, 0) is 31.6 Å². The molecule has 3 fully saturated rings. The van der Waals surface area contributed by atoms with Crippen LogP contribution in [0, 0.1) is 5.92 Å². The Morgan fingerprint density at radius 3 is 2.76 bits per heavy atom. The van der Waals surface area contributed by atoms with Gasteiger partial charge in [-0.2, -0.15) is 0 Å². The molecule has 0 bridgehead atoms. The maximum Gasteiger partial charge on any atom is 0.240 e. The van der Waals surface area contributed by atoms with Gasteiger partial charge in [-0.15, -0.1) is 0 Å². The molecule has 7 heteroatoms. The molecule has 0 spiro atoms. The average Bonchev–Trinajstić information content (AvgIpc) is 2.45. The first-order valence-corrected chi connectivity index (χ1v) is 9.48. The van der Waals surface area contributed by atoms with Gasteiger partial charge in [0.2, 0.25) is 11.8 Å². The quantitative estimate of drug-likeness (QED) is 0.743. The fourth-order valence-electron chi connectivity index (χ4n) is 3.75. The second kappa shape index (κ2) is 5.59. The molecule has 3 aliphatic heterocycles. The first-order valence-electron chi connectivity index (χ1n) is 7.77. The molecule has 0 saturated carbocycles. The maximum absolute atomic E-state index is 12.6. The average molecular weight is 314 g/mol. The number of hydrogen-bond donors (Lipinski definition) is 1. The first-order chi connectivity index (χ1) is 9.97. The predicted octanol–water partition coefficient (Wildman–Crippen LogP) is 0.0808. The molecule has 0 aliphatic carbocycles. The lowest BCUT2D eigenvalue weighted by atomic mass is 9.85. The summed E-state index contributed by atoms with van der Waals surface area (Å²) in [5.74, 6) is 0.280. The highest BCUT2D eigenvalue weighted by molar-refractivity contribution is 7.92. The van der Waals surface area contributed by atoms with Crippen LogP contribution in [-0.4, -0.2) is 55.3 Å². The topological polar surface area (TPSA) is 83.6 Å². The summed E-state index contributed by atoms with van der Waals surface area (Å²) in [7, 11) is -3.27. The molecule has 0 aromatic rings. The lowest BCUT2D eigenvalue weighted by molar-refractivity contribution is -0.134. The van der Waals surface area contributed by atoms with Gasteiger partial charge in [-0.1, -0.05) is 6.42 Å². The van der Waals surface area contributed by atoms with E-state index in [0.29, 0.717) is 32.4 Å². The summed E-state index contributed by atoms with van der Waals surface area (Å²) < 4.78 is 24.2. The Hall–Kier alpha value is -1.11. The van der Waals surface area contributed by atoms with Gasteiger partial charge in [-0.3, -0.25) is 9.59 Å². The van der Waals surface area contributed by atoms with Crippen LogP contribution in [0.25, 0.3) is 0 Å². The molecule has 0 aromatic carbocycles. The molecule has 3 heterocycles. The van der Waals surface area contributed by atoms with Crippen molar-refractivity contribution in [3.8, 4) is 0 Å². The van der Waals surface area contributed by atoms with Crippen molar-refractivity contribution in [1.29, 1.82) is 0 Å². The molecule has 21 heavy (non-hydrogen) atoms. The van der Waals surface area contributed by atoms with Crippen molar-refractivity contribution in [2.45, 2.75) is 49.8 Å².